The van der Waals surface area contributed by atoms with Gasteiger partial charge >= 0.3 is 6.18 Å². The summed E-state index contributed by atoms with van der Waals surface area (Å²) in [6.07, 6.45) is -4.19. The van der Waals surface area contributed by atoms with Gasteiger partial charge in [0.2, 0.25) is 0 Å². The maximum Gasteiger partial charge on any atom is 0.435 e. The second-order valence-electron chi connectivity index (χ2n) is 8.74. The molecule has 38 heavy (non-hydrogen) atoms. The third kappa shape index (κ3) is 3.98. The number of anilines is 2. The number of nitrogens with zero attached hydrogens (tertiary/aromatic N) is 4. The monoisotopic (exact) mass is 536 g/mol. The zero-order chi connectivity index (χ0) is 26.6. The van der Waals surface area contributed by atoms with Crippen LogP contribution in [-0.4, -0.2) is 27.4 Å². The number of carbonyl (C=O) groups excluding carboxylic acids is 1. The highest BCUT2D eigenvalue weighted by molar-refractivity contribution is 7.97. The number of nitrogens with two attached hydrogens (primary N) is 2. The van der Waals surface area contributed by atoms with Gasteiger partial charge in [0, 0.05) is 23.2 Å². The van der Waals surface area contributed by atoms with Crippen LogP contribution in [0.15, 0.2) is 76.1 Å². The lowest BCUT2D eigenvalue weighted by molar-refractivity contribution is -0.141. The Labute approximate surface area is 218 Å². The number of benzene rings is 3. The van der Waals surface area contributed by atoms with E-state index < -0.39 is 17.8 Å². The van der Waals surface area contributed by atoms with Crippen molar-refractivity contribution in [1.82, 2.24) is 14.9 Å². The van der Waals surface area contributed by atoms with E-state index in [0.29, 0.717) is 29.6 Å². The Kier molecular flexibility index (Phi) is 5.65. The van der Waals surface area contributed by atoms with Crippen molar-refractivity contribution in [2.24, 2.45) is 5.14 Å². The highest BCUT2D eigenvalue weighted by atomic mass is 32.2. The molecule has 0 aliphatic carbocycles. The van der Waals surface area contributed by atoms with Crippen LogP contribution in [0.25, 0.3) is 27.8 Å². The van der Waals surface area contributed by atoms with Crippen LogP contribution in [-0.2, 0) is 12.6 Å². The molecule has 0 atom stereocenters. The highest BCUT2D eigenvalue weighted by Gasteiger charge is 2.38. The Hall–Kier alpha value is -4.29. The first kappa shape index (κ1) is 24.1. The van der Waals surface area contributed by atoms with E-state index in [9.17, 15) is 18.0 Å². The fourth-order valence-corrected chi connectivity index (χ4v) is 5.14. The number of aromatic nitrogens is 3. The smallest absolute Gasteiger partial charge is 0.380 e. The molecule has 0 bridgehead atoms. The average Bonchev–Trinajstić information content (AvgIpc) is 3.64. The van der Waals surface area contributed by atoms with Gasteiger partial charge in [-0.2, -0.15) is 18.3 Å². The molecule has 0 saturated heterocycles. The zero-order valence-electron chi connectivity index (χ0n) is 19.6. The molecule has 0 saturated carbocycles. The van der Waals surface area contributed by atoms with E-state index in [4.69, 9.17) is 15.4 Å². The molecule has 0 spiro atoms. The van der Waals surface area contributed by atoms with Crippen molar-refractivity contribution in [1.29, 1.82) is 0 Å². The number of hydrogen-bond acceptors (Lipinski definition) is 7. The van der Waals surface area contributed by atoms with E-state index >= 15 is 0 Å². The Morgan fingerprint density at radius 2 is 1.87 bits per heavy atom. The van der Waals surface area contributed by atoms with E-state index in [1.165, 1.54) is 23.1 Å². The number of fused-ring (bicyclic) bond motifs is 2. The van der Waals surface area contributed by atoms with E-state index in [-0.39, 0.29) is 17.2 Å². The van der Waals surface area contributed by atoms with Crippen LogP contribution >= 0.6 is 11.9 Å². The quantitative estimate of drug-likeness (QED) is 0.294. The fourth-order valence-electron chi connectivity index (χ4n) is 4.67. The summed E-state index contributed by atoms with van der Waals surface area (Å²) in [5, 5.41) is 13.6. The summed E-state index contributed by atoms with van der Waals surface area (Å²) < 4.78 is 47.0. The minimum atomic E-state index is -4.74. The molecule has 4 N–H and O–H groups in total. The maximum absolute atomic E-state index is 13.7. The first-order valence-corrected chi connectivity index (χ1v) is 12.4. The molecule has 1 aliphatic heterocycles. The number of alkyl halides is 3. The molecular formula is C26H19F3N6O2S. The van der Waals surface area contributed by atoms with E-state index in [1.54, 1.807) is 0 Å². The topological polar surface area (TPSA) is 116 Å². The van der Waals surface area contributed by atoms with Gasteiger partial charge in [0.25, 0.3) is 5.91 Å². The SMILES string of the molecule is NSc1ccccc1-c1ccc2c(c1)CCN2C(=O)c1cc(C(F)(F)F)nn1-c1ccc2onc(N)c2c1. The van der Waals surface area contributed by atoms with Crippen molar-refractivity contribution in [2.75, 3.05) is 17.2 Å². The van der Waals surface area contributed by atoms with Crippen molar-refractivity contribution in [2.45, 2.75) is 17.5 Å². The Bertz CT molecular complexity index is 1710. The Morgan fingerprint density at radius 3 is 2.66 bits per heavy atom. The molecular weight excluding hydrogens is 517 g/mol. The number of nitrogen functional groups attached to an aromatic ring is 1. The molecule has 12 heteroatoms. The van der Waals surface area contributed by atoms with E-state index in [2.05, 4.69) is 10.3 Å². The summed E-state index contributed by atoms with van der Waals surface area (Å²) >= 11 is 1.15. The normalized spacial score (nSPS) is 13.3. The molecule has 1 amide bonds. The summed E-state index contributed by atoms with van der Waals surface area (Å²) in [6.45, 7) is 0.315. The van der Waals surface area contributed by atoms with Crippen LogP contribution in [0, 0.1) is 0 Å². The summed E-state index contributed by atoms with van der Waals surface area (Å²) in [5.41, 5.74) is 8.45. The van der Waals surface area contributed by atoms with E-state index in [0.717, 1.165) is 44.3 Å². The molecule has 1 aliphatic rings. The predicted octanol–water partition coefficient (Wildman–Crippen LogP) is 5.45. The van der Waals surface area contributed by atoms with Crippen molar-refractivity contribution in [3.05, 3.63) is 83.7 Å². The van der Waals surface area contributed by atoms with Gasteiger partial charge in [-0.3, -0.25) is 9.93 Å². The highest BCUT2D eigenvalue weighted by Crippen LogP contribution is 2.37. The molecule has 3 aromatic carbocycles. The number of halogens is 3. The maximum atomic E-state index is 13.7. The lowest BCUT2D eigenvalue weighted by atomic mass is 10.0. The lowest BCUT2D eigenvalue weighted by Gasteiger charge is -2.18. The minimum absolute atomic E-state index is 0.0804. The van der Waals surface area contributed by atoms with Gasteiger partial charge in [0.1, 0.15) is 5.69 Å². The first-order chi connectivity index (χ1) is 18.2. The average molecular weight is 537 g/mol. The first-order valence-electron chi connectivity index (χ1n) is 11.5. The van der Waals surface area contributed by atoms with Crippen LogP contribution in [0.2, 0.25) is 0 Å². The number of amides is 1. The molecule has 0 radical (unpaired) electrons. The number of hydrogen-bond donors (Lipinski definition) is 2. The van der Waals surface area contributed by atoms with Gasteiger partial charge < -0.3 is 15.2 Å². The second kappa shape index (κ2) is 8.92. The van der Waals surface area contributed by atoms with Gasteiger partial charge in [-0.15, -0.1) is 0 Å². The van der Waals surface area contributed by atoms with Crippen molar-refractivity contribution < 1.29 is 22.5 Å². The van der Waals surface area contributed by atoms with Crippen LogP contribution < -0.4 is 15.8 Å². The molecule has 192 valence electrons. The fraction of sp³-hybridized carbons (Fsp3) is 0.115. The third-order valence-corrected chi connectivity index (χ3v) is 7.10. The summed E-state index contributed by atoms with van der Waals surface area (Å²) in [5.74, 6) is -0.521. The summed E-state index contributed by atoms with van der Waals surface area (Å²) in [6, 6.07) is 18.6. The third-order valence-electron chi connectivity index (χ3n) is 6.49. The Balaban J connectivity index is 1.40. The van der Waals surface area contributed by atoms with Crippen LogP contribution in [0.3, 0.4) is 0 Å². The van der Waals surface area contributed by atoms with Crippen molar-refractivity contribution in [3.63, 3.8) is 0 Å². The largest absolute Gasteiger partial charge is 0.435 e. The Morgan fingerprint density at radius 1 is 1.05 bits per heavy atom. The predicted molar refractivity (Wildman–Crippen MR) is 138 cm³/mol. The molecule has 0 unspecified atom stereocenters. The zero-order valence-corrected chi connectivity index (χ0v) is 20.4. The van der Waals surface area contributed by atoms with Gasteiger partial charge in [-0.1, -0.05) is 29.4 Å². The molecule has 5 aromatic rings. The summed E-state index contributed by atoms with van der Waals surface area (Å²) in [7, 11) is 0. The second-order valence-corrected chi connectivity index (χ2v) is 9.41. The summed E-state index contributed by atoms with van der Waals surface area (Å²) in [4.78, 5) is 16.1. The van der Waals surface area contributed by atoms with Crippen molar-refractivity contribution in [3.8, 4) is 16.8 Å². The number of carbonyl (C=O) groups is 1. The molecule has 8 nitrogen and oxygen atoms in total. The van der Waals surface area contributed by atoms with Crippen LogP contribution in [0.1, 0.15) is 21.7 Å². The van der Waals surface area contributed by atoms with Crippen molar-refractivity contribution >= 4 is 40.3 Å². The van der Waals surface area contributed by atoms with Crippen LogP contribution in [0.4, 0.5) is 24.7 Å². The molecule has 0 fully saturated rings. The van der Waals surface area contributed by atoms with Crippen LogP contribution in [0.5, 0.6) is 0 Å². The van der Waals surface area contributed by atoms with Gasteiger partial charge in [0.05, 0.1) is 11.1 Å². The number of rotatable bonds is 4. The van der Waals surface area contributed by atoms with Gasteiger partial charge in [0.15, 0.2) is 17.1 Å². The standard InChI is InChI=1S/C26H19F3N6O2S/c27-26(28,29)23-13-20(35(32-23)16-6-8-21-18(12-16)24(30)33-37-21)25(36)34-10-9-15-11-14(5-7-19(15)34)17-3-1-2-4-22(17)38-31/h1-8,11-13H,9-10,31H2,(H2,30,33). The van der Waals surface area contributed by atoms with Gasteiger partial charge in [-0.25, -0.2) is 4.68 Å². The van der Waals surface area contributed by atoms with Gasteiger partial charge in [-0.05, 0) is 71.5 Å². The lowest BCUT2D eigenvalue weighted by Crippen LogP contribution is -2.30. The molecule has 2 aromatic heterocycles. The minimum Gasteiger partial charge on any atom is -0.380 e. The molecule has 3 heterocycles. The van der Waals surface area contributed by atoms with E-state index in [1.807, 2.05) is 42.5 Å². The molecule has 6 rings (SSSR count).